The molecule has 36 heavy (non-hydrogen) atoms. The molecule has 196 valence electrons. The number of likely N-dealkylation sites (tertiary alicyclic amines) is 1. The Balaban J connectivity index is 1.29. The van der Waals surface area contributed by atoms with Crippen molar-refractivity contribution in [1.29, 1.82) is 0 Å². The summed E-state index contributed by atoms with van der Waals surface area (Å²) in [7, 11) is 0. The fourth-order valence-electron chi connectivity index (χ4n) is 6.32. The maximum Gasteiger partial charge on any atom is 0.251 e. The number of hydrogen-bond donors (Lipinski definition) is 2. The lowest BCUT2D eigenvalue weighted by Crippen LogP contribution is -2.55. The van der Waals surface area contributed by atoms with Gasteiger partial charge in [0, 0.05) is 44.0 Å². The summed E-state index contributed by atoms with van der Waals surface area (Å²) in [5.74, 6) is -0.514. The maximum absolute atomic E-state index is 13.8. The number of ketones is 1. The summed E-state index contributed by atoms with van der Waals surface area (Å²) < 4.78 is 5.57. The highest BCUT2D eigenvalue weighted by Crippen LogP contribution is 2.32. The molecule has 9 heteroatoms. The minimum Gasteiger partial charge on any atom is -0.369 e. The smallest absolute Gasteiger partial charge is 0.251 e. The van der Waals surface area contributed by atoms with Crippen molar-refractivity contribution in [1.82, 2.24) is 15.1 Å². The second-order valence-corrected chi connectivity index (χ2v) is 10.7. The molecule has 1 aliphatic carbocycles. The van der Waals surface area contributed by atoms with Crippen LogP contribution in [0.4, 0.5) is 5.69 Å². The van der Waals surface area contributed by atoms with E-state index < -0.39 is 18.2 Å². The Morgan fingerprint density at radius 2 is 1.78 bits per heavy atom. The van der Waals surface area contributed by atoms with Crippen LogP contribution in [-0.2, 0) is 14.3 Å². The number of anilines is 1. The second-order valence-electron chi connectivity index (χ2n) is 10.7. The molecule has 4 atom stereocenters. The van der Waals surface area contributed by atoms with Crippen LogP contribution in [-0.4, -0.2) is 97.5 Å². The van der Waals surface area contributed by atoms with E-state index >= 15 is 0 Å². The highest BCUT2D eigenvalue weighted by molar-refractivity contribution is 5.99. The third kappa shape index (κ3) is 5.01. The average molecular weight is 498 g/mol. The van der Waals surface area contributed by atoms with E-state index in [-0.39, 0.29) is 42.7 Å². The molecule has 0 bridgehead atoms. The molecule has 3 N–H and O–H groups in total. The summed E-state index contributed by atoms with van der Waals surface area (Å²) in [6, 6.07) is 5.98. The number of nitrogens with zero attached hydrogens (tertiary/aromatic N) is 3. The van der Waals surface area contributed by atoms with Crippen molar-refractivity contribution in [3.63, 3.8) is 0 Å². The quantitative estimate of drug-likeness (QED) is 0.604. The number of rotatable bonds is 6. The summed E-state index contributed by atoms with van der Waals surface area (Å²) in [5, 5.41) is 3.06. The van der Waals surface area contributed by atoms with Crippen LogP contribution in [0.2, 0.25) is 0 Å². The van der Waals surface area contributed by atoms with Gasteiger partial charge in [-0.15, -0.1) is 0 Å². The zero-order valence-electron chi connectivity index (χ0n) is 21.2. The number of carbonyl (C=O) groups is 3. The Hall–Kier alpha value is -2.49. The van der Waals surface area contributed by atoms with Crippen LogP contribution >= 0.6 is 0 Å². The molecule has 1 saturated carbocycles. The van der Waals surface area contributed by atoms with Crippen molar-refractivity contribution in [2.75, 3.05) is 50.8 Å². The number of benzene rings is 1. The number of Topliss-reactive ketones (excluding diaryl/α,β-unsaturated/α-hetero) is 1. The third-order valence-electron chi connectivity index (χ3n) is 8.50. The van der Waals surface area contributed by atoms with Crippen LogP contribution in [0.25, 0.3) is 0 Å². The van der Waals surface area contributed by atoms with Gasteiger partial charge in [-0.2, -0.15) is 0 Å². The van der Waals surface area contributed by atoms with E-state index in [4.69, 9.17) is 10.5 Å². The molecule has 0 unspecified atom stereocenters. The summed E-state index contributed by atoms with van der Waals surface area (Å²) >= 11 is 0. The number of piperazine rings is 1. The van der Waals surface area contributed by atoms with E-state index in [1.165, 1.54) is 0 Å². The predicted octanol–water partition coefficient (Wildman–Crippen LogP) is 1.01. The molecule has 1 aromatic rings. The molecule has 0 aromatic heterocycles. The Kier molecular flexibility index (Phi) is 7.60. The lowest BCUT2D eigenvalue weighted by Gasteiger charge is -2.35. The van der Waals surface area contributed by atoms with Gasteiger partial charge in [0.05, 0.1) is 6.04 Å². The Bertz CT molecular complexity index is 955. The minimum atomic E-state index is -0.668. The van der Waals surface area contributed by atoms with Gasteiger partial charge in [-0.1, -0.05) is 26.2 Å². The number of amides is 2. The van der Waals surface area contributed by atoms with Gasteiger partial charge in [-0.25, -0.2) is 0 Å². The average Bonchev–Trinajstić information content (AvgIpc) is 3.47. The first kappa shape index (κ1) is 25.2. The zero-order chi connectivity index (χ0) is 25.2. The van der Waals surface area contributed by atoms with Gasteiger partial charge in [-0.05, 0) is 49.6 Å². The summed E-state index contributed by atoms with van der Waals surface area (Å²) in [5.41, 5.74) is 7.86. The molecular formula is C27H39N5O4. The summed E-state index contributed by atoms with van der Waals surface area (Å²) in [6.07, 6.45) is 4.55. The maximum atomic E-state index is 13.8. The zero-order valence-corrected chi connectivity index (χ0v) is 21.2. The predicted molar refractivity (Wildman–Crippen MR) is 137 cm³/mol. The standard InChI is InChI=1S/C27H39N5O4/c1-2-30-12-14-31(15-13-30)20-10-8-19(9-11-20)26(34)29-23(18-6-4-3-5-7-18)27(35)32-16-21(28)25-24(32)22(33)17-36-25/h8-11,18,21,23-25H,2-7,12-17,28H2,1H3,(H,29,34)/t21-,23+,24-,25-/m1/s1. The molecular weight excluding hydrogens is 458 g/mol. The molecule has 4 aliphatic rings. The van der Waals surface area contributed by atoms with Crippen molar-refractivity contribution in [3.05, 3.63) is 29.8 Å². The molecule has 0 spiro atoms. The number of carbonyl (C=O) groups excluding carboxylic acids is 3. The normalized spacial score (nSPS) is 28.3. The molecule has 0 radical (unpaired) electrons. The number of fused-ring (bicyclic) bond motifs is 1. The first-order chi connectivity index (χ1) is 17.5. The van der Waals surface area contributed by atoms with E-state index in [1.54, 1.807) is 4.90 Å². The van der Waals surface area contributed by atoms with Crippen LogP contribution in [0.1, 0.15) is 49.4 Å². The van der Waals surface area contributed by atoms with Crippen LogP contribution < -0.4 is 16.0 Å². The van der Waals surface area contributed by atoms with Crippen molar-refractivity contribution < 1.29 is 19.1 Å². The van der Waals surface area contributed by atoms with E-state index in [1.807, 2.05) is 24.3 Å². The van der Waals surface area contributed by atoms with E-state index in [0.717, 1.165) is 70.5 Å². The Labute approximate surface area is 213 Å². The van der Waals surface area contributed by atoms with Gasteiger partial charge in [0.25, 0.3) is 5.91 Å². The van der Waals surface area contributed by atoms with Crippen molar-refractivity contribution in [2.24, 2.45) is 11.7 Å². The van der Waals surface area contributed by atoms with Crippen molar-refractivity contribution >= 4 is 23.3 Å². The number of likely N-dealkylation sites (N-methyl/N-ethyl adjacent to an activating group) is 1. The van der Waals surface area contributed by atoms with E-state index in [0.29, 0.717) is 5.56 Å². The van der Waals surface area contributed by atoms with Gasteiger partial charge >= 0.3 is 0 Å². The number of hydrogen-bond acceptors (Lipinski definition) is 7. The largest absolute Gasteiger partial charge is 0.369 e. The Morgan fingerprint density at radius 3 is 2.44 bits per heavy atom. The first-order valence-corrected chi connectivity index (χ1v) is 13.5. The molecule has 1 aromatic carbocycles. The Morgan fingerprint density at radius 1 is 1.08 bits per heavy atom. The fourth-order valence-corrected chi connectivity index (χ4v) is 6.32. The third-order valence-corrected chi connectivity index (χ3v) is 8.50. The molecule has 3 aliphatic heterocycles. The van der Waals surface area contributed by atoms with Gasteiger partial charge in [0.15, 0.2) is 5.78 Å². The van der Waals surface area contributed by atoms with Crippen LogP contribution in [0.5, 0.6) is 0 Å². The number of nitrogens with one attached hydrogen (secondary N) is 1. The van der Waals surface area contributed by atoms with Gasteiger partial charge in [0.2, 0.25) is 5.91 Å². The number of ether oxygens (including phenoxy) is 1. The molecule has 3 saturated heterocycles. The molecule has 5 rings (SSSR count). The highest BCUT2D eigenvalue weighted by atomic mass is 16.5. The summed E-state index contributed by atoms with van der Waals surface area (Å²) in [4.78, 5) is 46.0. The second kappa shape index (κ2) is 10.9. The molecule has 9 nitrogen and oxygen atoms in total. The number of nitrogens with two attached hydrogens (primary N) is 1. The fraction of sp³-hybridized carbons (Fsp3) is 0.667. The van der Waals surface area contributed by atoms with Crippen molar-refractivity contribution in [3.8, 4) is 0 Å². The van der Waals surface area contributed by atoms with Crippen LogP contribution in [0, 0.1) is 5.92 Å². The minimum absolute atomic E-state index is 0.00684. The SMILES string of the molecule is CCN1CCN(c2ccc(C(=O)N[C@H](C(=O)N3C[C@@H](N)[C@H]4OCC(=O)[C@H]43)C3CCCCC3)cc2)CC1. The van der Waals surface area contributed by atoms with Gasteiger partial charge < -0.3 is 30.5 Å². The van der Waals surface area contributed by atoms with E-state index in [9.17, 15) is 14.4 Å². The highest BCUT2D eigenvalue weighted by Gasteiger charge is 2.52. The monoisotopic (exact) mass is 497 g/mol. The molecule has 4 fully saturated rings. The van der Waals surface area contributed by atoms with Crippen LogP contribution in [0.3, 0.4) is 0 Å². The van der Waals surface area contributed by atoms with Gasteiger partial charge in [0.1, 0.15) is 24.8 Å². The van der Waals surface area contributed by atoms with Gasteiger partial charge in [-0.3, -0.25) is 14.4 Å². The summed E-state index contributed by atoms with van der Waals surface area (Å²) in [6.45, 7) is 7.55. The molecule has 3 heterocycles. The lowest BCUT2D eigenvalue weighted by atomic mass is 9.83. The molecule has 2 amide bonds. The topological polar surface area (TPSA) is 108 Å². The van der Waals surface area contributed by atoms with E-state index in [2.05, 4.69) is 22.0 Å². The lowest BCUT2D eigenvalue weighted by molar-refractivity contribution is -0.139. The van der Waals surface area contributed by atoms with Crippen LogP contribution in [0.15, 0.2) is 24.3 Å². The first-order valence-electron chi connectivity index (χ1n) is 13.5. The van der Waals surface area contributed by atoms with Crippen molar-refractivity contribution in [2.45, 2.75) is 63.3 Å².